The maximum absolute atomic E-state index is 13.9. The minimum Gasteiger partial charge on any atom is -0.355 e. The molecular weight excluding hydrogens is 307 g/mol. The third-order valence-electron chi connectivity index (χ3n) is 4.01. The third kappa shape index (κ3) is 3.79. The molecule has 0 radical (unpaired) electrons. The Hall–Kier alpha value is -2.69. The molecule has 0 bridgehead atoms. The minimum absolute atomic E-state index is 0.161. The first-order valence-corrected chi connectivity index (χ1v) is 7.70. The van der Waals surface area contributed by atoms with Gasteiger partial charge in [-0.2, -0.15) is 0 Å². The van der Waals surface area contributed by atoms with Crippen molar-refractivity contribution >= 4 is 11.8 Å². The molecule has 2 aromatic carbocycles. The average Bonchev–Trinajstić information content (AvgIpc) is 2.59. The Kier molecular flexibility index (Phi) is 5.34. The number of benzene rings is 2. The Bertz CT molecular complexity index is 739. The first-order chi connectivity index (χ1) is 11.4. The van der Waals surface area contributed by atoms with E-state index in [1.165, 1.54) is 6.07 Å². The van der Waals surface area contributed by atoms with Gasteiger partial charge in [0.15, 0.2) is 0 Å². The van der Waals surface area contributed by atoms with E-state index in [4.69, 9.17) is 0 Å². The highest BCUT2D eigenvalue weighted by molar-refractivity contribution is 5.94. The first kappa shape index (κ1) is 17.7. The van der Waals surface area contributed by atoms with E-state index >= 15 is 0 Å². The standard InChI is InChI=1S/C19H21FN2O2/c1-19(2,15-6-4-5-7-16(15)20)18(24)22-12-13-8-10-14(11-9-13)17(23)21-3/h4-11H,12H2,1-3H3,(H,21,23)(H,22,24). The molecule has 0 saturated heterocycles. The van der Waals surface area contributed by atoms with Gasteiger partial charge in [-0.1, -0.05) is 30.3 Å². The van der Waals surface area contributed by atoms with Crippen LogP contribution in [0.4, 0.5) is 4.39 Å². The molecule has 0 aliphatic carbocycles. The van der Waals surface area contributed by atoms with Crippen molar-refractivity contribution in [3.63, 3.8) is 0 Å². The molecule has 0 aromatic heterocycles. The fraction of sp³-hybridized carbons (Fsp3) is 0.263. The van der Waals surface area contributed by atoms with Gasteiger partial charge in [-0.25, -0.2) is 4.39 Å². The Morgan fingerprint density at radius 3 is 2.25 bits per heavy atom. The van der Waals surface area contributed by atoms with E-state index in [1.807, 2.05) is 0 Å². The van der Waals surface area contributed by atoms with E-state index in [1.54, 1.807) is 63.4 Å². The number of hydrogen-bond donors (Lipinski definition) is 2. The van der Waals surface area contributed by atoms with Gasteiger partial charge < -0.3 is 10.6 Å². The summed E-state index contributed by atoms with van der Waals surface area (Å²) < 4.78 is 13.9. The number of halogens is 1. The summed E-state index contributed by atoms with van der Waals surface area (Å²) in [6.45, 7) is 3.69. The number of rotatable bonds is 5. The average molecular weight is 328 g/mol. The van der Waals surface area contributed by atoms with Crippen molar-refractivity contribution in [1.29, 1.82) is 0 Å². The molecule has 126 valence electrons. The lowest BCUT2D eigenvalue weighted by Crippen LogP contribution is -2.40. The Morgan fingerprint density at radius 1 is 1.04 bits per heavy atom. The summed E-state index contributed by atoms with van der Waals surface area (Å²) in [5.41, 5.74) is 0.796. The van der Waals surface area contributed by atoms with Crippen LogP contribution in [-0.4, -0.2) is 18.9 Å². The maximum Gasteiger partial charge on any atom is 0.251 e. The second kappa shape index (κ2) is 7.25. The molecule has 0 saturated carbocycles. The largest absolute Gasteiger partial charge is 0.355 e. The molecule has 24 heavy (non-hydrogen) atoms. The van der Waals surface area contributed by atoms with E-state index in [2.05, 4.69) is 10.6 Å². The molecule has 0 aliphatic heterocycles. The van der Waals surface area contributed by atoms with Gasteiger partial charge in [-0.15, -0.1) is 0 Å². The molecule has 0 spiro atoms. The minimum atomic E-state index is -0.979. The zero-order chi connectivity index (χ0) is 17.7. The van der Waals surface area contributed by atoms with Crippen molar-refractivity contribution in [3.05, 3.63) is 71.0 Å². The van der Waals surface area contributed by atoms with Crippen LogP contribution in [0, 0.1) is 5.82 Å². The van der Waals surface area contributed by atoms with E-state index < -0.39 is 11.2 Å². The van der Waals surface area contributed by atoms with E-state index in [0.29, 0.717) is 17.7 Å². The van der Waals surface area contributed by atoms with Crippen LogP contribution in [0.1, 0.15) is 35.3 Å². The maximum atomic E-state index is 13.9. The molecule has 0 aliphatic rings. The molecule has 2 aromatic rings. The summed E-state index contributed by atoms with van der Waals surface area (Å²) in [4.78, 5) is 24.0. The van der Waals surface area contributed by atoms with Gasteiger partial charge in [-0.05, 0) is 37.6 Å². The normalized spacial score (nSPS) is 11.0. The predicted molar refractivity (Wildman–Crippen MR) is 91.1 cm³/mol. The summed E-state index contributed by atoms with van der Waals surface area (Å²) in [6, 6.07) is 13.2. The topological polar surface area (TPSA) is 58.2 Å². The zero-order valence-corrected chi connectivity index (χ0v) is 14.0. The van der Waals surface area contributed by atoms with Gasteiger partial charge in [0.2, 0.25) is 5.91 Å². The lowest BCUT2D eigenvalue weighted by Gasteiger charge is -2.24. The third-order valence-corrected chi connectivity index (χ3v) is 4.01. The van der Waals surface area contributed by atoms with Crippen LogP contribution in [0.3, 0.4) is 0 Å². The first-order valence-electron chi connectivity index (χ1n) is 7.70. The quantitative estimate of drug-likeness (QED) is 0.887. The van der Waals surface area contributed by atoms with E-state index in [-0.39, 0.29) is 11.8 Å². The highest BCUT2D eigenvalue weighted by Crippen LogP contribution is 2.26. The number of carbonyl (C=O) groups excluding carboxylic acids is 2. The molecule has 0 unspecified atom stereocenters. The van der Waals surface area contributed by atoms with Gasteiger partial charge in [0.1, 0.15) is 5.82 Å². The lowest BCUT2D eigenvalue weighted by molar-refractivity contribution is -0.125. The Balaban J connectivity index is 2.05. The van der Waals surface area contributed by atoms with Gasteiger partial charge >= 0.3 is 0 Å². The molecule has 5 heteroatoms. The van der Waals surface area contributed by atoms with E-state index in [9.17, 15) is 14.0 Å². The van der Waals surface area contributed by atoms with Crippen molar-refractivity contribution in [1.82, 2.24) is 10.6 Å². The van der Waals surface area contributed by atoms with Crippen molar-refractivity contribution < 1.29 is 14.0 Å². The van der Waals surface area contributed by atoms with Crippen molar-refractivity contribution in [2.45, 2.75) is 25.8 Å². The second-order valence-electron chi connectivity index (χ2n) is 6.06. The summed E-state index contributed by atoms with van der Waals surface area (Å²) in [7, 11) is 1.57. The molecule has 4 nitrogen and oxygen atoms in total. The highest BCUT2D eigenvalue weighted by atomic mass is 19.1. The van der Waals surface area contributed by atoms with Crippen molar-refractivity contribution in [2.75, 3.05) is 7.05 Å². The Morgan fingerprint density at radius 2 is 1.67 bits per heavy atom. The molecule has 0 fully saturated rings. The molecular formula is C19H21FN2O2. The molecule has 2 rings (SSSR count). The van der Waals surface area contributed by atoms with Gasteiger partial charge in [-0.3, -0.25) is 9.59 Å². The van der Waals surface area contributed by atoms with Gasteiger partial charge in [0.05, 0.1) is 5.41 Å². The fourth-order valence-electron chi connectivity index (χ4n) is 2.41. The second-order valence-corrected chi connectivity index (χ2v) is 6.06. The summed E-state index contributed by atoms with van der Waals surface area (Å²) in [6.07, 6.45) is 0. The molecule has 2 amide bonds. The summed E-state index contributed by atoms with van der Waals surface area (Å²) in [5, 5.41) is 5.37. The summed E-state index contributed by atoms with van der Waals surface area (Å²) in [5.74, 6) is -0.818. The number of nitrogens with one attached hydrogen (secondary N) is 2. The number of carbonyl (C=O) groups is 2. The van der Waals surface area contributed by atoms with Crippen molar-refractivity contribution in [2.24, 2.45) is 0 Å². The molecule has 0 heterocycles. The van der Waals surface area contributed by atoms with E-state index in [0.717, 1.165) is 5.56 Å². The molecule has 0 atom stereocenters. The van der Waals surface area contributed by atoms with Crippen LogP contribution in [-0.2, 0) is 16.8 Å². The smallest absolute Gasteiger partial charge is 0.251 e. The monoisotopic (exact) mass is 328 g/mol. The lowest BCUT2D eigenvalue weighted by atomic mass is 9.83. The summed E-state index contributed by atoms with van der Waals surface area (Å²) >= 11 is 0. The Labute approximate surface area is 141 Å². The predicted octanol–water partition coefficient (Wildman–Crippen LogP) is 2.78. The van der Waals surface area contributed by atoms with Gasteiger partial charge in [0.25, 0.3) is 5.91 Å². The van der Waals surface area contributed by atoms with Crippen LogP contribution in [0.5, 0.6) is 0 Å². The van der Waals surface area contributed by atoms with Crippen LogP contribution >= 0.6 is 0 Å². The van der Waals surface area contributed by atoms with Gasteiger partial charge in [0, 0.05) is 24.7 Å². The number of amides is 2. The highest BCUT2D eigenvalue weighted by Gasteiger charge is 2.31. The zero-order valence-electron chi connectivity index (χ0n) is 14.0. The number of hydrogen-bond acceptors (Lipinski definition) is 2. The SMILES string of the molecule is CNC(=O)c1ccc(CNC(=O)C(C)(C)c2ccccc2F)cc1. The van der Waals surface area contributed by atoms with Crippen LogP contribution in [0.15, 0.2) is 48.5 Å². The van der Waals surface area contributed by atoms with Crippen LogP contribution in [0.2, 0.25) is 0 Å². The molecule has 2 N–H and O–H groups in total. The fourth-order valence-corrected chi connectivity index (χ4v) is 2.41. The van der Waals surface area contributed by atoms with Crippen LogP contribution in [0.25, 0.3) is 0 Å². The van der Waals surface area contributed by atoms with Crippen LogP contribution < -0.4 is 10.6 Å². The van der Waals surface area contributed by atoms with Crippen molar-refractivity contribution in [3.8, 4) is 0 Å².